The summed E-state index contributed by atoms with van der Waals surface area (Å²) in [5.74, 6) is 0.183. The Labute approximate surface area is 190 Å². The number of hydroxylamine groups is 1. The van der Waals surface area contributed by atoms with Gasteiger partial charge in [-0.1, -0.05) is 18.2 Å². The maximum Gasteiger partial charge on any atom is 0.274 e. The molecule has 9 heteroatoms. The normalized spacial score (nSPS) is 11.4. The summed E-state index contributed by atoms with van der Waals surface area (Å²) >= 11 is 0. The average Bonchev–Trinajstić information content (AvgIpc) is 3.28. The minimum atomic E-state index is -0.605. The zero-order chi connectivity index (χ0) is 23.5. The van der Waals surface area contributed by atoms with Crippen molar-refractivity contribution in [3.63, 3.8) is 0 Å². The van der Waals surface area contributed by atoms with E-state index in [1.165, 1.54) is 18.2 Å². The molecule has 0 fully saturated rings. The zero-order valence-electron chi connectivity index (χ0n) is 18.2. The minimum Gasteiger partial charge on any atom is -0.492 e. The molecule has 3 N–H and O–H groups in total. The van der Waals surface area contributed by atoms with Gasteiger partial charge in [-0.2, -0.15) is 0 Å². The number of amides is 2. The van der Waals surface area contributed by atoms with Crippen LogP contribution in [0.1, 0.15) is 16.1 Å². The number of methoxy groups -OCH3 is 1. The highest BCUT2D eigenvalue weighted by atomic mass is 16.5. The Morgan fingerprint density at radius 2 is 1.85 bits per heavy atom. The summed E-state index contributed by atoms with van der Waals surface area (Å²) in [5.41, 5.74) is 3.20. The number of para-hydroxylation sites is 1. The van der Waals surface area contributed by atoms with Crippen LogP contribution in [0.3, 0.4) is 0 Å². The van der Waals surface area contributed by atoms with E-state index in [1.54, 1.807) is 24.7 Å². The lowest BCUT2D eigenvalue weighted by molar-refractivity contribution is -0.116. The molecule has 0 atom stereocenters. The smallest absolute Gasteiger partial charge is 0.274 e. The first-order chi connectivity index (χ1) is 16.1. The number of carbonyl (C=O) groups excluding carboxylic acids is 2. The van der Waals surface area contributed by atoms with Crippen molar-refractivity contribution in [2.24, 2.45) is 0 Å². The number of fused-ring (bicyclic) bond motifs is 1. The van der Waals surface area contributed by atoms with E-state index in [4.69, 9.17) is 23.8 Å². The second kappa shape index (κ2) is 12.4. The maximum atomic E-state index is 12.5. The van der Waals surface area contributed by atoms with E-state index < -0.39 is 5.91 Å². The molecule has 9 nitrogen and oxygen atoms in total. The maximum absolute atomic E-state index is 12.5. The van der Waals surface area contributed by atoms with E-state index in [1.807, 2.05) is 30.3 Å². The highest BCUT2D eigenvalue weighted by Gasteiger charge is 2.12. The summed E-state index contributed by atoms with van der Waals surface area (Å²) in [6, 6.07) is 15.7. The minimum absolute atomic E-state index is 0.195. The fraction of sp³-hybridized carbons (Fsp3) is 0.250. The average molecular weight is 454 g/mol. The van der Waals surface area contributed by atoms with Crippen LogP contribution in [0.5, 0.6) is 5.75 Å². The monoisotopic (exact) mass is 454 g/mol. The van der Waals surface area contributed by atoms with Crippen LogP contribution in [0, 0.1) is 0 Å². The summed E-state index contributed by atoms with van der Waals surface area (Å²) in [7, 11) is 1.59. The van der Waals surface area contributed by atoms with Crippen molar-refractivity contribution in [3.05, 3.63) is 72.0 Å². The number of rotatable bonds is 12. The van der Waals surface area contributed by atoms with Gasteiger partial charge in [0.15, 0.2) is 0 Å². The lowest BCUT2D eigenvalue weighted by Crippen LogP contribution is -2.27. The van der Waals surface area contributed by atoms with Crippen LogP contribution in [-0.2, 0) is 14.3 Å². The number of carbonyl (C=O) groups is 2. The van der Waals surface area contributed by atoms with Crippen molar-refractivity contribution in [2.75, 3.05) is 40.1 Å². The second-order valence-electron chi connectivity index (χ2n) is 6.97. The van der Waals surface area contributed by atoms with Crippen molar-refractivity contribution in [1.82, 2.24) is 10.8 Å². The molecule has 1 heterocycles. The largest absolute Gasteiger partial charge is 0.492 e. The van der Waals surface area contributed by atoms with E-state index in [2.05, 4.69) is 5.32 Å². The predicted octanol–water partition coefficient (Wildman–Crippen LogP) is 2.79. The second-order valence-corrected chi connectivity index (χ2v) is 6.97. The summed E-state index contributed by atoms with van der Waals surface area (Å²) in [5, 5.41) is 12.3. The topological polar surface area (TPSA) is 119 Å². The summed E-state index contributed by atoms with van der Waals surface area (Å²) in [4.78, 5) is 23.8. The van der Waals surface area contributed by atoms with Crippen LogP contribution in [0.25, 0.3) is 16.5 Å². The Balaban J connectivity index is 1.56. The molecule has 3 aromatic rings. The van der Waals surface area contributed by atoms with Crippen LogP contribution < -0.4 is 15.5 Å². The molecule has 0 saturated carbocycles. The summed E-state index contributed by atoms with van der Waals surface area (Å²) in [6.45, 7) is 1.54. The molecule has 174 valence electrons. The first-order valence-corrected chi connectivity index (χ1v) is 10.3. The summed E-state index contributed by atoms with van der Waals surface area (Å²) < 4.78 is 22.0. The molecule has 3 rings (SSSR count). The third kappa shape index (κ3) is 7.18. The molecule has 0 radical (unpaired) electrons. The Bertz CT molecular complexity index is 1060. The fourth-order valence-corrected chi connectivity index (χ4v) is 2.97. The van der Waals surface area contributed by atoms with Gasteiger partial charge in [0, 0.05) is 29.7 Å². The lowest BCUT2D eigenvalue weighted by Gasteiger charge is -2.09. The highest BCUT2D eigenvalue weighted by Crippen LogP contribution is 2.24. The van der Waals surface area contributed by atoms with E-state index in [9.17, 15) is 9.59 Å². The van der Waals surface area contributed by atoms with Gasteiger partial charge in [0.2, 0.25) is 5.91 Å². The Morgan fingerprint density at radius 1 is 1.06 bits per heavy atom. The van der Waals surface area contributed by atoms with E-state index in [-0.39, 0.29) is 25.7 Å². The molecular formula is C24H26N2O7. The third-order valence-corrected chi connectivity index (χ3v) is 4.62. The van der Waals surface area contributed by atoms with E-state index in [0.717, 1.165) is 11.0 Å². The molecular weight excluding hydrogens is 428 g/mol. The molecule has 0 aliphatic carbocycles. The molecule has 1 aromatic heterocycles. The number of ether oxygens (including phenoxy) is 3. The quantitative estimate of drug-likeness (QED) is 0.167. The van der Waals surface area contributed by atoms with Gasteiger partial charge in [0.25, 0.3) is 5.91 Å². The van der Waals surface area contributed by atoms with Gasteiger partial charge in [-0.25, -0.2) is 5.48 Å². The first kappa shape index (κ1) is 24.0. The van der Waals surface area contributed by atoms with E-state index in [0.29, 0.717) is 35.9 Å². The Kier molecular flexibility index (Phi) is 9.01. The predicted molar refractivity (Wildman–Crippen MR) is 121 cm³/mol. The van der Waals surface area contributed by atoms with Crippen LogP contribution in [0.4, 0.5) is 0 Å². The van der Waals surface area contributed by atoms with Gasteiger partial charge in [-0.15, -0.1) is 0 Å². The van der Waals surface area contributed by atoms with Gasteiger partial charge in [0.05, 0.1) is 26.4 Å². The van der Waals surface area contributed by atoms with Crippen molar-refractivity contribution in [1.29, 1.82) is 0 Å². The molecule has 0 bridgehead atoms. The number of furan rings is 1. The third-order valence-electron chi connectivity index (χ3n) is 4.62. The molecule has 2 amide bonds. The van der Waals surface area contributed by atoms with Gasteiger partial charge in [0.1, 0.15) is 23.7 Å². The SMILES string of the molecule is COCCOC/C(=C\C(=O)NCCOc1ccc(C(=O)NO)cc1)c1cc2ccccc2o1. The highest BCUT2D eigenvalue weighted by molar-refractivity contribution is 5.96. The zero-order valence-corrected chi connectivity index (χ0v) is 18.2. The van der Waals surface area contributed by atoms with E-state index >= 15 is 0 Å². The first-order valence-electron chi connectivity index (χ1n) is 10.3. The number of nitrogens with one attached hydrogen (secondary N) is 2. The molecule has 0 unspecified atom stereocenters. The van der Waals surface area contributed by atoms with Crippen molar-refractivity contribution in [3.8, 4) is 5.75 Å². The molecule has 0 saturated heterocycles. The van der Waals surface area contributed by atoms with Gasteiger partial charge in [-0.3, -0.25) is 14.8 Å². The van der Waals surface area contributed by atoms with Crippen molar-refractivity contribution in [2.45, 2.75) is 0 Å². The lowest BCUT2D eigenvalue weighted by atomic mass is 10.1. The van der Waals surface area contributed by atoms with Crippen molar-refractivity contribution >= 4 is 28.4 Å². The van der Waals surface area contributed by atoms with Crippen LogP contribution >= 0.6 is 0 Å². The number of hydrogen-bond acceptors (Lipinski definition) is 7. The van der Waals surface area contributed by atoms with Gasteiger partial charge < -0.3 is 23.9 Å². The number of hydrogen-bond donors (Lipinski definition) is 3. The molecule has 0 aliphatic heterocycles. The van der Waals surface area contributed by atoms with Crippen LogP contribution in [0.15, 0.2) is 65.1 Å². The fourth-order valence-electron chi connectivity index (χ4n) is 2.97. The van der Waals surface area contributed by atoms with Crippen LogP contribution in [0.2, 0.25) is 0 Å². The van der Waals surface area contributed by atoms with Gasteiger partial charge >= 0.3 is 0 Å². The molecule has 0 spiro atoms. The Morgan fingerprint density at radius 3 is 2.58 bits per heavy atom. The summed E-state index contributed by atoms with van der Waals surface area (Å²) in [6.07, 6.45) is 1.45. The van der Waals surface area contributed by atoms with Crippen molar-refractivity contribution < 1.29 is 33.4 Å². The standard InChI is InChI=1S/C24H26N2O7/c1-30-12-13-31-16-19(22-14-18-4-2-3-5-21(18)33-22)15-23(27)25-10-11-32-20-8-6-17(7-9-20)24(28)26-29/h2-9,14-15,29H,10-13,16H2,1H3,(H,25,27)(H,26,28)/b19-15+. The number of benzene rings is 2. The molecule has 0 aliphatic rings. The van der Waals surface area contributed by atoms with Crippen LogP contribution in [-0.4, -0.2) is 57.1 Å². The Hall–Kier alpha value is -3.66. The molecule has 33 heavy (non-hydrogen) atoms. The molecule has 2 aromatic carbocycles. The van der Waals surface area contributed by atoms with Gasteiger partial charge in [-0.05, 0) is 36.4 Å².